The Bertz CT molecular complexity index is 706. The van der Waals surface area contributed by atoms with Gasteiger partial charge in [0.05, 0.1) is 11.0 Å². The summed E-state index contributed by atoms with van der Waals surface area (Å²) in [6, 6.07) is 17.1. The number of nitrogens with zero attached hydrogens (tertiary/aromatic N) is 2. The minimum Gasteiger partial charge on any atom is -0.357 e. The van der Waals surface area contributed by atoms with E-state index in [9.17, 15) is 0 Å². The first-order valence-corrected chi connectivity index (χ1v) is 8.08. The van der Waals surface area contributed by atoms with E-state index < -0.39 is 0 Å². The highest BCUT2D eigenvalue weighted by Crippen LogP contribution is 2.29. The number of pyridine rings is 1. The van der Waals surface area contributed by atoms with Crippen LogP contribution in [0.5, 0.6) is 0 Å². The molecule has 3 aromatic rings. The molecule has 112 valence electrons. The molecule has 1 fully saturated rings. The minimum absolute atomic E-state index is 0.640. The van der Waals surface area contributed by atoms with Gasteiger partial charge >= 0.3 is 0 Å². The lowest BCUT2D eigenvalue weighted by Gasteiger charge is -2.31. The molecule has 1 aliphatic rings. The number of aromatic amines is 1. The van der Waals surface area contributed by atoms with Crippen molar-refractivity contribution in [1.29, 1.82) is 0 Å². The van der Waals surface area contributed by atoms with Crippen LogP contribution >= 0.6 is 0 Å². The van der Waals surface area contributed by atoms with Crippen molar-refractivity contribution >= 4 is 11.0 Å². The van der Waals surface area contributed by atoms with E-state index >= 15 is 0 Å². The highest BCUT2D eigenvalue weighted by Gasteiger charge is 2.22. The number of likely N-dealkylation sites (tertiary alicyclic amines) is 1. The number of fused-ring (bicyclic) bond motifs is 1. The normalized spacial score (nSPS) is 17.1. The van der Waals surface area contributed by atoms with Crippen LogP contribution < -0.4 is 0 Å². The van der Waals surface area contributed by atoms with Gasteiger partial charge in [0, 0.05) is 24.4 Å². The zero-order valence-electron chi connectivity index (χ0n) is 12.7. The second kappa shape index (κ2) is 5.93. The first-order valence-electron chi connectivity index (χ1n) is 8.08. The van der Waals surface area contributed by atoms with Crippen LogP contribution in [-0.4, -0.2) is 28.0 Å². The van der Waals surface area contributed by atoms with E-state index in [-0.39, 0.29) is 0 Å². The van der Waals surface area contributed by atoms with Gasteiger partial charge in [-0.05, 0) is 49.7 Å². The Morgan fingerprint density at radius 3 is 2.64 bits per heavy atom. The average molecular weight is 291 g/mol. The maximum Gasteiger partial charge on any atom is 0.0881 e. The Hall–Kier alpha value is -2.13. The number of rotatable bonds is 3. The largest absolute Gasteiger partial charge is 0.357 e. The molecule has 0 bridgehead atoms. The molecule has 0 amide bonds. The van der Waals surface area contributed by atoms with Crippen molar-refractivity contribution in [3.63, 3.8) is 0 Å². The Balaban J connectivity index is 1.41. The molecular weight excluding hydrogens is 270 g/mol. The summed E-state index contributed by atoms with van der Waals surface area (Å²) in [6.45, 7) is 3.41. The zero-order chi connectivity index (χ0) is 14.8. The molecule has 3 heteroatoms. The topological polar surface area (TPSA) is 31.9 Å². The molecule has 1 N–H and O–H groups in total. The fraction of sp³-hybridized carbons (Fsp3) is 0.316. The van der Waals surface area contributed by atoms with E-state index in [1.165, 1.54) is 37.2 Å². The smallest absolute Gasteiger partial charge is 0.0881 e. The van der Waals surface area contributed by atoms with Crippen LogP contribution in [0.25, 0.3) is 11.0 Å². The first kappa shape index (κ1) is 13.5. The summed E-state index contributed by atoms with van der Waals surface area (Å²) in [5, 5.41) is 0. The molecule has 0 atom stereocenters. The van der Waals surface area contributed by atoms with E-state index in [0.717, 1.165) is 17.6 Å². The highest BCUT2D eigenvalue weighted by atomic mass is 15.1. The Kier molecular flexibility index (Phi) is 3.65. The van der Waals surface area contributed by atoms with Gasteiger partial charge in [0.15, 0.2) is 0 Å². The van der Waals surface area contributed by atoms with Crippen LogP contribution in [0, 0.1) is 0 Å². The summed E-state index contributed by atoms with van der Waals surface area (Å²) in [7, 11) is 0. The molecular formula is C19H21N3. The van der Waals surface area contributed by atoms with Crippen molar-refractivity contribution in [2.24, 2.45) is 0 Å². The third kappa shape index (κ3) is 2.77. The van der Waals surface area contributed by atoms with Gasteiger partial charge in [-0.3, -0.25) is 9.88 Å². The molecule has 0 radical (unpaired) electrons. The summed E-state index contributed by atoms with van der Waals surface area (Å²) in [6.07, 6.45) is 4.31. The number of piperidine rings is 1. The predicted octanol–water partition coefficient (Wildman–Crippen LogP) is 3.94. The van der Waals surface area contributed by atoms with Crippen LogP contribution in [-0.2, 0) is 6.54 Å². The third-order valence-corrected chi connectivity index (χ3v) is 4.69. The number of nitrogens with one attached hydrogen (secondary N) is 1. The number of hydrogen-bond donors (Lipinski definition) is 1. The SMILES string of the molecule is c1ccc(CN2CCC(c3cc4ncccc4[nH]3)CC2)cc1. The number of H-pyrrole nitrogens is 1. The van der Waals surface area contributed by atoms with Gasteiger partial charge in [-0.15, -0.1) is 0 Å². The van der Waals surface area contributed by atoms with E-state index in [1.807, 2.05) is 12.3 Å². The Morgan fingerprint density at radius 1 is 1.05 bits per heavy atom. The van der Waals surface area contributed by atoms with Crippen LogP contribution in [0.3, 0.4) is 0 Å². The van der Waals surface area contributed by atoms with Crippen molar-refractivity contribution in [3.8, 4) is 0 Å². The molecule has 22 heavy (non-hydrogen) atoms. The molecule has 1 aliphatic heterocycles. The fourth-order valence-corrected chi connectivity index (χ4v) is 3.44. The lowest BCUT2D eigenvalue weighted by Crippen LogP contribution is -2.32. The molecule has 2 aromatic heterocycles. The van der Waals surface area contributed by atoms with Crippen LogP contribution in [0.4, 0.5) is 0 Å². The monoisotopic (exact) mass is 291 g/mol. The Labute approximate surface area is 131 Å². The second-order valence-corrected chi connectivity index (χ2v) is 6.20. The fourth-order valence-electron chi connectivity index (χ4n) is 3.44. The molecule has 0 spiro atoms. The van der Waals surface area contributed by atoms with Crippen molar-refractivity contribution in [2.75, 3.05) is 13.1 Å². The Morgan fingerprint density at radius 2 is 1.86 bits per heavy atom. The predicted molar refractivity (Wildman–Crippen MR) is 89.8 cm³/mol. The second-order valence-electron chi connectivity index (χ2n) is 6.20. The molecule has 1 aromatic carbocycles. The first-order chi connectivity index (χ1) is 10.9. The van der Waals surface area contributed by atoms with Gasteiger partial charge in [0.2, 0.25) is 0 Å². The van der Waals surface area contributed by atoms with Crippen LogP contribution in [0.1, 0.15) is 30.0 Å². The van der Waals surface area contributed by atoms with E-state index in [0.29, 0.717) is 5.92 Å². The molecule has 0 unspecified atom stereocenters. The zero-order valence-corrected chi connectivity index (χ0v) is 12.7. The molecule has 1 saturated heterocycles. The summed E-state index contributed by atoms with van der Waals surface area (Å²) < 4.78 is 0. The number of aromatic nitrogens is 2. The van der Waals surface area contributed by atoms with Crippen molar-refractivity contribution in [1.82, 2.24) is 14.9 Å². The number of benzene rings is 1. The van der Waals surface area contributed by atoms with E-state index in [4.69, 9.17) is 0 Å². The summed E-state index contributed by atoms with van der Waals surface area (Å²) in [5.41, 5.74) is 5.01. The van der Waals surface area contributed by atoms with Gasteiger partial charge in [0.1, 0.15) is 0 Å². The maximum atomic E-state index is 4.43. The highest BCUT2D eigenvalue weighted by molar-refractivity contribution is 5.75. The number of hydrogen-bond acceptors (Lipinski definition) is 2. The van der Waals surface area contributed by atoms with Crippen molar-refractivity contribution < 1.29 is 0 Å². The summed E-state index contributed by atoms with van der Waals surface area (Å²) >= 11 is 0. The van der Waals surface area contributed by atoms with Crippen molar-refractivity contribution in [2.45, 2.75) is 25.3 Å². The lowest BCUT2D eigenvalue weighted by atomic mass is 9.93. The summed E-state index contributed by atoms with van der Waals surface area (Å²) in [4.78, 5) is 10.5. The molecule has 3 heterocycles. The average Bonchev–Trinajstić information content (AvgIpc) is 3.00. The van der Waals surface area contributed by atoms with Crippen LogP contribution in [0.15, 0.2) is 54.7 Å². The standard InChI is InChI=1S/C19H21N3/c1-2-5-15(6-3-1)14-22-11-8-16(9-12-22)18-13-19-17(21-18)7-4-10-20-19/h1-7,10,13,16,21H,8-9,11-12,14H2. The quantitative estimate of drug-likeness (QED) is 0.792. The molecule has 4 rings (SSSR count). The molecule has 0 saturated carbocycles. The minimum atomic E-state index is 0.640. The lowest BCUT2D eigenvalue weighted by molar-refractivity contribution is 0.203. The van der Waals surface area contributed by atoms with Gasteiger partial charge in [-0.25, -0.2) is 0 Å². The van der Waals surface area contributed by atoms with Gasteiger partial charge in [0.25, 0.3) is 0 Å². The molecule has 3 nitrogen and oxygen atoms in total. The van der Waals surface area contributed by atoms with E-state index in [2.05, 4.69) is 57.3 Å². The van der Waals surface area contributed by atoms with Crippen LogP contribution in [0.2, 0.25) is 0 Å². The maximum absolute atomic E-state index is 4.43. The molecule has 0 aliphatic carbocycles. The van der Waals surface area contributed by atoms with Gasteiger partial charge in [-0.2, -0.15) is 0 Å². The van der Waals surface area contributed by atoms with Crippen molar-refractivity contribution in [3.05, 3.63) is 66.0 Å². The van der Waals surface area contributed by atoms with E-state index in [1.54, 1.807) is 0 Å². The van der Waals surface area contributed by atoms with Gasteiger partial charge < -0.3 is 4.98 Å². The third-order valence-electron chi connectivity index (χ3n) is 4.69. The van der Waals surface area contributed by atoms with Gasteiger partial charge in [-0.1, -0.05) is 30.3 Å². The summed E-state index contributed by atoms with van der Waals surface area (Å²) in [5.74, 6) is 0.640.